The lowest BCUT2D eigenvalue weighted by Crippen LogP contribution is -2.18. The first-order valence-electron chi connectivity index (χ1n) is 6.50. The lowest BCUT2D eigenvalue weighted by molar-refractivity contribution is -0.384. The number of nitrogens with one attached hydrogen (secondary N) is 1. The molecular weight excluding hydrogens is 318 g/mol. The molecule has 1 N–H and O–H groups in total. The summed E-state index contributed by atoms with van der Waals surface area (Å²) in [5.74, 6) is 0. The Kier molecular flexibility index (Phi) is 5.21. The maximum atomic E-state index is 11.9. The van der Waals surface area contributed by atoms with Crippen LogP contribution in [-0.2, 0) is 10.0 Å². The third-order valence-corrected chi connectivity index (χ3v) is 4.02. The molecule has 118 valence electrons. The Morgan fingerprint density at radius 1 is 1.04 bits per heavy atom. The molecule has 23 heavy (non-hydrogen) atoms. The first-order valence-corrected chi connectivity index (χ1v) is 7.98. The smallest absolute Gasteiger partial charge is 0.258 e. The summed E-state index contributed by atoms with van der Waals surface area (Å²) in [6.45, 7) is 0. The van der Waals surface area contributed by atoms with Crippen molar-refractivity contribution in [3.8, 4) is 0 Å². The molecule has 0 aliphatic carbocycles. The van der Waals surface area contributed by atoms with Gasteiger partial charge in [-0.25, -0.2) is 4.83 Å². The normalized spacial score (nSPS) is 11.8. The van der Waals surface area contributed by atoms with Crippen molar-refractivity contribution in [1.29, 1.82) is 0 Å². The fourth-order valence-corrected chi connectivity index (χ4v) is 2.46. The number of nitrogens with zero attached hydrogens (tertiary/aromatic N) is 2. The van der Waals surface area contributed by atoms with E-state index in [4.69, 9.17) is 0 Å². The third-order valence-electron chi connectivity index (χ3n) is 2.78. The maximum absolute atomic E-state index is 11.9. The number of benzene rings is 2. The number of nitro benzene ring substituents is 1. The Labute approximate surface area is 133 Å². The van der Waals surface area contributed by atoms with E-state index in [1.165, 1.54) is 6.21 Å². The minimum Gasteiger partial charge on any atom is -0.258 e. The topological polar surface area (TPSA) is 102 Å². The van der Waals surface area contributed by atoms with E-state index in [0.29, 0.717) is 0 Å². The largest absolute Gasteiger partial charge is 0.276 e. The maximum Gasteiger partial charge on any atom is 0.276 e. The fourth-order valence-electron chi connectivity index (χ4n) is 1.66. The van der Waals surface area contributed by atoms with Crippen LogP contribution in [0.1, 0.15) is 5.56 Å². The van der Waals surface area contributed by atoms with Gasteiger partial charge in [0.1, 0.15) is 0 Å². The molecule has 0 aromatic heterocycles. The van der Waals surface area contributed by atoms with Gasteiger partial charge in [-0.1, -0.05) is 36.4 Å². The summed E-state index contributed by atoms with van der Waals surface area (Å²) >= 11 is 0. The second-order valence-corrected chi connectivity index (χ2v) is 6.05. The van der Waals surface area contributed by atoms with E-state index in [9.17, 15) is 18.5 Å². The van der Waals surface area contributed by atoms with Crippen LogP contribution in [0, 0.1) is 10.1 Å². The van der Waals surface area contributed by atoms with Gasteiger partial charge < -0.3 is 0 Å². The van der Waals surface area contributed by atoms with Crippen molar-refractivity contribution < 1.29 is 13.3 Å². The molecule has 0 saturated carbocycles. The van der Waals surface area contributed by atoms with E-state index in [2.05, 4.69) is 5.10 Å². The average Bonchev–Trinajstić information content (AvgIpc) is 2.55. The number of nitro groups is 1. The lowest BCUT2D eigenvalue weighted by atomic mass is 10.2. The number of hydrogen-bond donors (Lipinski definition) is 1. The van der Waals surface area contributed by atoms with Gasteiger partial charge in [0, 0.05) is 18.3 Å². The minimum absolute atomic E-state index is 0.104. The van der Waals surface area contributed by atoms with Gasteiger partial charge in [-0.3, -0.25) is 10.1 Å². The second-order valence-electron chi connectivity index (χ2n) is 4.39. The van der Waals surface area contributed by atoms with Gasteiger partial charge in [0.05, 0.1) is 9.82 Å². The molecule has 0 heterocycles. The monoisotopic (exact) mass is 331 g/mol. The summed E-state index contributed by atoms with van der Waals surface area (Å²) in [4.78, 5) is 11.9. The van der Waals surface area contributed by atoms with E-state index in [1.54, 1.807) is 12.2 Å². The van der Waals surface area contributed by atoms with Gasteiger partial charge in [-0.2, -0.15) is 13.5 Å². The predicted molar refractivity (Wildman–Crippen MR) is 87.4 cm³/mol. The number of allylic oxidation sites excluding steroid dienone is 1. The zero-order valence-electron chi connectivity index (χ0n) is 11.9. The molecule has 0 saturated heterocycles. The zero-order chi connectivity index (χ0) is 16.7. The minimum atomic E-state index is -3.85. The Hall–Kier alpha value is -3.00. The number of rotatable bonds is 6. The SMILES string of the molecule is O=[N+]([O-])c1ccc(S(=O)(=O)N/N=C/C=C/c2ccccc2)cc1. The molecule has 0 unspecified atom stereocenters. The van der Waals surface area contributed by atoms with Gasteiger partial charge >= 0.3 is 0 Å². The molecule has 2 aromatic rings. The molecule has 0 atom stereocenters. The van der Waals surface area contributed by atoms with E-state index >= 15 is 0 Å². The molecule has 0 aliphatic heterocycles. The van der Waals surface area contributed by atoms with Crippen LogP contribution in [0.5, 0.6) is 0 Å². The van der Waals surface area contributed by atoms with E-state index in [1.807, 2.05) is 35.2 Å². The Morgan fingerprint density at radius 3 is 2.30 bits per heavy atom. The van der Waals surface area contributed by atoms with Crippen molar-refractivity contribution in [3.05, 3.63) is 76.4 Å². The first-order chi connectivity index (χ1) is 11.0. The molecule has 0 aliphatic rings. The van der Waals surface area contributed by atoms with Gasteiger partial charge in [-0.05, 0) is 23.8 Å². The number of hydrogen-bond acceptors (Lipinski definition) is 5. The van der Waals surface area contributed by atoms with Crippen molar-refractivity contribution >= 4 is 28.0 Å². The predicted octanol–water partition coefficient (Wildman–Crippen LogP) is 2.57. The van der Waals surface area contributed by atoms with Crippen LogP contribution in [0.15, 0.2) is 70.7 Å². The molecule has 0 spiro atoms. The summed E-state index contributed by atoms with van der Waals surface area (Å²) in [6.07, 6.45) is 4.66. The van der Waals surface area contributed by atoms with Crippen molar-refractivity contribution in [2.24, 2.45) is 5.10 Å². The molecule has 2 rings (SSSR count). The van der Waals surface area contributed by atoms with Crippen LogP contribution in [0.3, 0.4) is 0 Å². The molecule has 0 bridgehead atoms. The van der Waals surface area contributed by atoms with E-state index < -0.39 is 14.9 Å². The highest BCUT2D eigenvalue weighted by Gasteiger charge is 2.14. The third kappa shape index (κ3) is 4.75. The van der Waals surface area contributed by atoms with Crippen molar-refractivity contribution in [2.45, 2.75) is 4.90 Å². The average molecular weight is 331 g/mol. The van der Waals surface area contributed by atoms with Crippen LogP contribution >= 0.6 is 0 Å². The summed E-state index contributed by atoms with van der Waals surface area (Å²) in [5.41, 5.74) is 0.774. The lowest BCUT2D eigenvalue weighted by Gasteiger charge is -2.02. The highest BCUT2D eigenvalue weighted by molar-refractivity contribution is 7.89. The van der Waals surface area contributed by atoms with Crippen molar-refractivity contribution in [2.75, 3.05) is 0 Å². The molecule has 0 amide bonds. The quantitative estimate of drug-likeness (QED) is 0.499. The molecule has 2 aromatic carbocycles. The number of hydrazone groups is 1. The van der Waals surface area contributed by atoms with E-state index in [0.717, 1.165) is 29.8 Å². The summed E-state index contributed by atoms with van der Waals surface area (Å²) in [7, 11) is -3.85. The van der Waals surface area contributed by atoms with Crippen LogP contribution in [0.4, 0.5) is 5.69 Å². The molecule has 0 fully saturated rings. The molecule has 8 heteroatoms. The van der Waals surface area contributed by atoms with Crippen LogP contribution in [-0.4, -0.2) is 19.6 Å². The Bertz CT molecular complexity index is 829. The number of non-ortho nitro benzene ring substituents is 1. The van der Waals surface area contributed by atoms with E-state index in [-0.39, 0.29) is 10.6 Å². The van der Waals surface area contributed by atoms with Crippen LogP contribution in [0.2, 0.25) is 0 Å². The fraction of sp³-hybridized carbons (Fsp3) is 0. The van der Waals surface area contributed by atoms with Crippen LogP contribution in [0.25, 0.3) is 6.08 Å². The summed E-state index contributed by atoms with van der Waals surface area (Å²) in [5, 5.41) is 14.1. The second kappa shape index (κ2) is 7.32. The van der Waals surface area contributed by atoms with Crippen LogP contribution < -0.4 is 4.83 Å². The molecule has 7 nitrogen and oxygen atoms in total. The zero-order valence-corrected chi connectivity index (χ0v) is 12.7. The van der Waals surface area contributed by atoms with Gasteiger partial charge in [0.25, 0.3) is 15.7 Å². The Balaban J connectivity index is 1.99. The van der Waals surface area contributed by atoms with Gasteiger partial charge in [-0.15, -0.1) is 0 Å². The van der Waals surface area contributed by atoms with Crippen molar-refractivity contribution in [3.63, 3.8) is 0 Å². The first kappa shape index (κ1) is 16.4. The molecule has 0 radical (unpaired) electrons. The van der Waals surface area contributed by atoms with Gasteiger partial charge in [0.2, 0.25) is 0 Å². The summed E-state index contributed by atoms with van der Waals surface area (Å²) in [6, 6.07) is 14.0. The van der Waals surface area contributed by atoms with Gasteiger partial charge in [0.15, 0.2) is 0 Å². The highest BCUT2D eigenvalue weighted by Crippen LogP contribution is 2.15. The highest BCUT2D eigenvalue weighted by atomic mass is 32.2. The standard InChI is InChI=1S/C15H13N3O4S/c19-18(20)14-8-10-15(11-9-14)23(21,22)17-16-12-4-7-13-5-2-1-3-6-13/h1-12,17H/b7-4+,16-12+. The Morgan fingerprint density at radius 2 is 1.70 bits per heavy atom. The molecular formula is C15H13N3O4S. The summed E-state index contributed by atoms with van der Waals surface area (Å²) < 4.78 is 23.9. The van der Waals surface area contributed by atoms with Crippen molar-refractivity contribution in [1.82, 2.24) is 4.83 Å². The number of sulfonamides is 1.